The maximum Gasteiger partial charge on any atom is 0.332 e. The van der Waals surface area contributed by atoms with Crippen molar-refractivity contribution in [2.45, 2.75) is 57.5 Å². The van der Waals surface area contributed by atoms with Gasteiger partial charge in [0.15, 0.2) is 8.32 Å². The van der Waals surface area contributed by atoms with E-state index in [0.717, 1.165) is 0 Å². The molecule has 116 valence electrons. The zero-order valence-corrected chi connectivity index (χ0v) is 13.8. The maximum absolute atomic E-state index is 11.0. The highest BCUT2D eigenvalue weighted by atomic mass is 28.4. The molecule has 0 aromatic rings. The molecule has 6 nitrogen and oxygen atoms in total. The monoisotopic (exact) mass is 303 g/mol. The highest BCUT2D eigenvalue weighted by molar-refractivity contribution is 6.74. The van der Waals surface area contributed by atoms with Crippen molar-refractivity contribution in [1.82, 2.24) is 4.90 Å². The first-order chi connectivity index (χ1) is 8.95. The van der Waals surface area contributed by atoms with Crippen LogP contribution in [0.25, 0.3) is 0 Å². The maximum atomic E-state index is 11.0. The van der Waals surface area contributed by atoms with Crippen LogP contribution in [0.4, 0.5) is 0 Å². The van der Waals surface area contributed by atoms with E-state index in [4.69, 9.17) is 14.6 Å². The summed E-state index contributed by atoms with van der Waals surface area (Å²) in [5.74, 6) is -2.63. The molecular formula is C13H25NO5Si. The molecule has 0 unspecified atom stereocenters. The zero-order valence-electron chi connectivity index (χ0n) is 12.8. The molecule has 20 heavy (non-hydrogen) atoms. The van der Waals surface area contributed by atoms with E-state index in [1.807, 2.05) is 0 Å². The molecule has 0 aromatic heterocycles. The summed E-state index contributed by atoms with van der Waals surface area (Å²) in [6.07, 6.45) is 0.612. The van der Waals surface area contributed by atoms with Crippen molar-refractivity contribution in [3.05, 3.63) is 0 Å². The highest BCUT2D eigenvalue weighted by Gasteiger charge is 2.43. The van der Waals surface area contributed by atoms with Crippen LogP contribution in [0.5, 0.6) is 0 Å². The summed E-state index contributed by atoms with van der Waals surface area (Å²) in [7, 11) is -1.91. The third kappa shape index (κ3) is 3.80. The summed E-state index contributed by atoms with van der Waals surface area (Å²) >= 11 is 0. The molecule has 1 saturated heterocycles. The number of carbonyl (C=O) groups is 2. The van der Waals surface area contributed by atoms with Crippen LogP contribution in [0, 0.1) is 0 Å². The van der Waals surface area contributed by atoms with E-state index >= 15 is 0 Å². The number of aliphatic carboxylic acids is 2. The van der Waals surface area contributed by atoms with Crippen molar-refractivity contribution in [3.8, 4) is 0 Å². The van der Waals surface area contributed by atoms with E-state index < -0.39 is 26.3 Å². The van der Waals surface area contributed by atoms with Gasteiger partial charge in [-0.2, -0.15) is 0 Å². The van der Waals surface area contributed by atoms with E-state index in [-0.39, 0.29) is 11.1 Å². The van der Waals surface area contributed by atoms with Crippen molar-refractivity contribution in [2.75, 3.05) is 13.1 Å². The molecule has 1 aliphatic rings. The molecule has 0 spiro atoms. The normalized spacial score (nSPS) is 21.4. The fraction of sp³-hybridized carbons (Fsp3) is 0.846. The zero-order chi connectivity index (χ0) is 15.7. The first-order valence-corrected chi connectivity index (χ1v) is 9.74. The molecule has 0 aromatic carbocycles. The van der Waals surface area contributed by atoms with Crippen molar-refractivity contribution in [2.24, 2.45) is 0 Å². The fourth-order valence-electron chi connectivity index (χ4n) is 2.10. The molecule has 0 bridgehead atoms. The number of hydrogen-bond donors (Lipinski definition) is 2. The number of nitrogens with zero attached hydrogens (tertiary/aromatic N) is 1. The van der Waals surface area contributed by atoms with Crippen LogP contribution in [0.3, 0.4) is 0 Å². The second-order valence-electron chi connectivity index (χ2n) is 6.86. The van der Waals surface area contributed by atoms with Crippen molar-refractivity contribution >= 4 is 20.3 Å². The van der Waals surface area contributed by atoms with Gasteiger partial charge < -0.3 is 14.6 Å². The first kappa shape index (κ1) is 17.1. The van der Waals surface area contributed by atoms with Crippen LogP contribution < -0.4 is 0 Å². The van der Waals surface area contributed by atoms with Gasteiger partial charge in [-0.1, -0.05) is 20.8 Å². The number of hydrogen-bond acceptors (Lipinski definition) is 4. The van der Waals surface area contributed by atoms with Crippen molar-refractivity contribution in [1.29, 1.82) is 0 Å². The third-order valence-corrected chi connectivity index (χ3v) is 8.81. The predicted molar refractivity (Wildman–Crippen MR) is 77.3 cm³/mol. The second kappa shape index (κ2) is 5.83. The molecule has 1 heterocycles. The Balaban J connectivity index is 2.69. The van der Waals surface area contributed by atoms with Gasteiger partial charge in [0.25, 0.3) is 0 Å². The fourth-order valence-corrected chi connectivity index (χ4v) is 3.48. The summed E-state index contributed by atoms with van der Waals surface area (Å²) in [5.41, 5.74) is 0. The molecule has 1 atom stereocenters. The molecule has 1 rings (SSSR count). The summed E-state index contributed by atoms with van der Waals surface area (Å²) in [6, 6.07) is -1.47. The van der Waals surface area contributed by atoms with E-state index in [0.29, 0.717) is 19.5 Å². The van der Waals surface area contributed by atoms with Gasteiger partial charge in [-0.25, -0.2) is 9.59 Å². The average molecular weight is 303 g/mol. The van der Waals surface area contributed by atoms with Crippen LogP contribution >= 0.6 is 0 Å². The van der Waals surface area contributed by atoms with Gasteiger partial charge >= 0.3 is 11.9 Å². The topological polar surface area (TPSA) is 87.1 Å². The number of rotatable bonds is 5. The lowest BCUT2D eigenvalue weighted by Crippen LogP contribution is -2.48. The van der Waals surface area contributed by atoms with Crippen LogP contribution in [0.1, 0.15) is 27.2 Å². The smallest absolute Gasteiger partial charge is 0.332 e. The summed E-state index contributed by atoms with van der Waals surface area (Å²) in [6.45, 7) is 11.5. The number of carboxylic acid groups (broad SMARTS) is 2. The third-order valence-electron chi connectivity index (χ3n) is 4.28. The van der Waals surface area contributed by atoms with E-state index in [1.165, 1.54) is 4.90 Å². The SMILES string of the molecule is CC(C)(C)[Si](C)(C)O[C@H]1CCN(C(C(=O)O)C(=O)O)C1. The first-order valence-electron chi connectivity index (χ1n) is 6.83. The van der Waals surface area contributed by atoms with Crippen LogP contribution in [0.2, 0.25) is 18.1 Å². The molecule has 2 N–H and O–H groups in total. The Morgan fingerprint density at radius 2 is 1.75 bits per heavy atom. The Morgan fingerprint density at radius 1 is 1.25 bits per heavy atom. The molecule has 0 aliphatic carbocycles. The van der Waals surface area contributed by atoms with Gasteiger partial charge in [0, 0.05) is 13.1 Å². The second-order valence-corrected chi connectivity index (χ2v) is 11.6. The average Bonchev–Trinajstić information content (AvgIpc) is 2.62. The van der Waals surface area contributed by atoms with E-state index in [9.17, 15) is 9.59 Å². The van der Waals surface area contributed by atoms with Crippen molar-refractivity contribution < 1.29 is 24.2 Å². The molecular weight excluding hydrogens is 278 g/mol. The number of likely N-dealkylation sites (tertiary alicyclic amines) is 1. The Morgan fingerprint density at radius 3 is 2.15 bits per heavy atom. The Kier molecular flexibility index (Phi) is 4.99. The summed E-state index contributed by atoms with van der Waals surface area (Å²) in [4.78, 5) is 23.5. The molecule has 0 amide bonds. The lowest BCUT2D eigenvalue weighted by molar-refractivity contribution is -0.156. The van der Waals surface area contributed by atoms with Gasteiger partial charge in [-0.3, -0.25) is 4.90 Å². The van der Waals surface area contributed by atoms with Crippen LogP contribution in [-0.2, 0) is 14.0 Å². The minimum absolute atomic E-state index is 0.0721. The van der Waals surface area contributed by atoms with Crippen molar-refractivity contribution in [3.63, 3.8) is 0 Å². The Labute approximate surface area is 120 Å². The van der Waals surface area contributed by atoms with Gasteiger partial charge in [0.2, 0.25) is 6.04 Å². The molecule has 0 saturated carbocycles. The van der Waals surface area contributed by atoms with Gasteiger partial charge in [0.1, 0.15) is 0 Å². The standard InChI is InChI=1S/C13H25NO5Si/c1-13(2,3)20(4,5)19-9-6-7-14(8-9)10(11(15)16)12(17)18/h9-10H,6-8H2,1-5H3,(H,15,16)(H,17,18)/t9-/m0/s1. The van der Waals surface area contributed by atoms with E-state index in [1.54, 1.807) is 0 Å². The summed E-state index contributed by atoms with van der Waals surface area (Å²) in [5, 5.41) is 18.1. The minimum atomic E-state index is -1.91. The van der Waals surface area contributed by atoms with E-state index in [2.05, 4.69) is 33.9 Å². The molecule has 1 fully saturated rings. The van der Waals surface area contributed by atoms with Crippen LogP contribution in [0.15, 0.2) is 0 Å². The van der Waals surface area contributed by atoms with Gasteiger partial charge in [-0.15, -0.1) is 0 Å². The number of carboxylic acids is 2. The predicted octanol–water partition coefficient (Wildman–Crippen LogP) is 1.62. The quantitative estimate of drug-likeness (QED) is 0.593. The highest BCUT2D eigenvalue weighted by Crippen LogP contribution is 2.38. The lowest BCUT2D eigenvalue weighted by atomic mass is 10.2. The van der Waals surface area contributed by atoms with Gasteiger partial charge in [-0.05, 0) is 24.6 Å². The minimum Gasteiger partial charge on any atom is -0.480 e. The largest absolute Gasteiger partial charge is 0.480 e. The summed E-state index contributed by atoms with van der Waals surface area (Å²) < 4.78 is 6.21. The Hall–Kier alpha value is -0.923. The lowest BCUT2D eigenvalue weighted by Gasteiger charge is -2.38. The van der Waals surface area contributed by atoms with Gasteiger partial charge in [0.05, 0.1) is 6.10 Å². The molecule has 7 heteroatoms. The molecule has 1 aliphatic heterocycles. The molecule has 0 radical (unpaired) electrons. The Bertz CT molecular complexity index is 377. The van der Waals surface area contributed by atoms with Crippen LogP contribution in [-0.4, -0.2) is 60.6 Å².